The van der Waals surface area contributed by atoms with Crippen molar-refractivity contribution >= 4 is 11.7 Å². The zero-order valence-corrected chi connectivity index (χ0v) is 8.01. The van der Waals surface area contributed by atoms with Gasteiger partial charge in [0.15, 0.2) is 5.90 Å². The molecule has 1 aromatic rings. The summed E-state index contributed by atoms with van der Waals surface area (Å²) in [7, 11) is 0. The molecule has 0 saturated carbocycles. The van der Waals surface area contributed by atoms with Crippen molar-refractivity contribution in [3.05, 3.63) is 42.2 Å². The van der Waals surface area contributed by atoms with Gasteiger partial charge in [0.05, 0.1) is 0 Å². The molecule has 0 heterocycles. The first-order chi connectivity index (χ1) is 6.63. The van der Waals surface area contributed by atoms with E-state index >= 15 is 0 Å². The van der Waals surface area contributed by atoms with E-state index < -0.39 is 0 Å². The Balaban J connectivity index is 2.70. The maximum atomic E-state index is 12.6. The summed E-state index contributed by atoms with van der Waals surface area (Å²) in [6.07, 6.45) is 0.514. The lowest BCUT2D eigenvalue weighted by Crippen LogP contribution is -1.99. The monoisotopic (exact) mass is 193 g/mol. The SMILES string of the molecule is C=C(OC(=N)CC)c1ccc(F)cc1. The highest BCUT2D eigenvalue weighted by molar-refractivity contribution is 5.79. The molecule has 1 aromatic carbocycles. The Morgan fingerprint density at radius 3 is 2.50 bits per heavy atom. The first kappa shape index (κ1) is 10.4. The summed E-state index contributed by atoms with van der Waals surface area (Å²) >= 11 is 0. The average molecular weight is 193 g/mol. The third-order valence-corrected chi connectivity index (χ3v) is 1.73. The van der Waals surface area contributed by atoms with Crippen molar-refractivity contribution in [3.8, 4) is 0 Å². The standard InChI is InChI=1S/C11H12FNO/c1-3-11(13)14-8(2)9-4-6-10(12)7-5-9/h4-7,13H,2-3H2,1H3. The third kappa shape index (κ3) is 2.69. The van der Waals surface area contributed by atoms with Crippen LogP contribution in [0.15, 0.2) is 30.8 Å². The Morgan fingerprint density at radius 1 is 1.43 bits per heavy atom. The molecule has 0 spiro atoms. The zero-order chi connectivity index (χ0) is 10.6. The van der Waals surface area contributed by atoms with E-state index in [4.69, 9.17) is 10.1 Å². The number of benzene rings is 1. The fourth-order valence-corrected chi connectivity index (χ4v) is 0.916. The lowest BCUT2D eigenvalue weighted by atomic mass is 10.2. The third-order valence-electron chi connectivity index (χ3n) is 1.73. The number of hydrogen-bond donors (Lipinski definition) is 1. The highest BCUT2D eigenvalue weighted by Gasteiger charge is 2.02. The Hall–Kier alpha value is -1.64. The van der Waals surface area contributed by atoms with Gasteiger partial charge in [0, 0.05) is 12.0 Å². The second-order valence-electron chi connectivity index (χ2n) is 2.81. The Labute approximate surface area is 82.5 Å². The molecule has 1 rings (SSSR count). The first-order valence-corrected chi connectivity index (χ1v) is 4.33. The van der Waals surface area contributed by atoms with E-state index in [0.29, 0.717) is 17.7 Å². The Morgan fingerprint density at radius 2 is 2.00 bits per heavy atom. The van der Waals surface area contributed by atoms with Crippen molar-refractivity contribution < 1.29 is 9.13 Å². The molecular formula is C11H12FNO. The highest BCUT2D eigenvalue weighted by atomic mass is 19.1. The molecule has 0 aliphatic heterocycles. The van der Waals surface area contributed by atoms with Gasteiger partial charge in [0.2, 0.25) is 0 Å². The van der Waals surface area contributed by atoms with Gasteiger partial charge in [0.1, 0.15) is 11.6 Å². The van der Waals surface area contributed by atoms with E-state index in [0.717, 1.165) is 0 Å². The molecule has 0 atom stereocenters. The molecule has 1 N–H and O–H groups in total. The number of ether oxygens (including phenoxy) is 1. The van der Waals surface area contributed by atoms with Gasteiger partial charge in [-0.3, -0.25) is 5.41 Å². The molecule has 0 aromatic heterocycles. The summed E-state index contributed by atoms with van der Waals surface area (Å²) in [5, 5.41) is 7.30. The van der Waals surface area contributed by atoms with Gasteiger partial charge >= 0.3 is 0 Å². The van der Waals surface area contributed by atoms with E-state index in [9.17, 15) is 4.39 Å². The Kier molecular flexibility index (Phi) is 3.40. The molecule has 74 valence electrons. The van der Waals surface area contributed by atoms with Gasteiger partial charge in [-0.25, -0.2) is 4.39 Å². The van der Waals surface area contributed by atoms with Crippen LogP contribution in [-0.2, 0) is 4.74 Å². The van der Waals surface area contributed by atoms with Gasteiger partial charge in [-0.2, -0.15) is 0 Å². The van der Waals surface area contributed by atoms with Crippen molar-refractivity contribution in [1.82, 2.24) is 0 Å². The molecule has 3 heteroatoms. The van der Waals surface area contributed by atoms with Crippen LogP contribution < -0.4 is 0 Å². The van der Waals surface area contributed by atoms with Crippen LogP contribution in [0, 0.1) is 11.2 Å². The maximum absolute atomic E-state index is 12.6. The summed E-state index contributed by atoms with van der Waals surface area (Å²) < 4.78 is 17.7. The second kappa shape index (κ2) is 4.56. The first-order valence-electron chi connectivity index (χ1n) is 4.33. The lowest BCUT2D eigenvalue weighted by molar-refractivity contribution is 0.489. The van der Waals surface area contributed by atoms with Crippen LogP contribution in [0.3, 0.4) is 0 Å². The molecular weight excluding hydrogens is 181 g/mol. The number of halogens is 1. The minimum Gasteiger partial charge on any atom is -0.444 e. The topological polar surface area (TPSA) is 33.1 Å². The fraction of sp³-hybridized carbons (Fsp3) is 0.182. The Bertz CT molecular complexity index is 343. The minimum absolute atomic E-state index is 0.152. The predicted octanol–water partition coefficient (Wildman–Crippen LogP) is 3.20. The molecule has 0 aliphatic rings. The molecule has 0 aliphatic carbocycles. The molecule has 14 heavy (non-hydrogen) atoms. The summed E-state index contributed by atoms with van der Waals surface area (Å²) in [5.74, 6) is 0.225. The molecule has 0 fully saturated rings. The van der Waals surface area contributed by atoms with E-state index in [1.165, 1.54) is 12.1 Å². The van der Waals surface area contributed by atoms with Gasteiger partial charge in [-0.15, -0.1) is 0 Å². The summed E-state index contributed by atoms with van der Waals surface area (Å²) in [4.78, 5) is 0. The number of rotatable bonds is 3. The van der Waals surface area contributed by atoms with Gasteiger partial charge in [-0.05, 0) is 24.3 Å². The number of hydrogen-bond acceptors (Lipinski definition) is 2. The van der Waals surface area contributed by atoms with Crippen LogP contribution in [0.5, 0.6) is 0 Å². The average Bonchev–Trinajstić information content (AvgIpc) is 2.18. The fourth-order valence-electron chi connectivity index (χ4n) is 0.916. The van der Waals surface area contributed by atoms with Gasteiger partial charge in [-0.1, -0.05) is 13.5 Å². The van der Waals surface area contributed by atoms with Crippen LogP contribution >= 0.6 is 0 Å². The minimum atomic E-state index is -0.299. The summed E-state index contributed by atoms with van der Waals surface area (Å²) in [5.41, 5.74) is 0.685. The van der Waals surface area contributed by atoms with Crippen molar-refractivity contribution in [2.75, 3.05) is 0 Å². The predicted molar refractivity (Wildman–Crippen MR) is 54.5 cm³/mol. The highest BCUT2D eigenvalue weighted by Crippen LogP contribution is 2.14. The van der Waals surface area contributed by atoms with Gasteiger partial charge in [0.25, 0.3) is 0 Å². The molecule has 0 unspecified atom stereocenters. The van der Waals surface area contributed by atoms with E-state index in [1.807, 2.05) is 6.92 Å². The molecule has 0 saturated heterocycles. The quantitative estimate of drug-likeness (QED) is 0.446. The van der Waals surface area contributed by atoms with Crippen LogP contribution in [0.2, 0.25) is 0 Å². The lowest BCUT2D eigenvalue weighted by Gasteiger charge is -2.07. The molecule has 2 nitrogen and oxygen atoms in total. The van der Waals surface area contributed by atoms with Crippen LogP contribution in [0.25, 0.3) is 5.76 Å². The summed E-state index contributed by atoms with van der Waals surface area (Å²) in [6, 6.07) is 5.81. The smallest absolute Gasteiger partial charge is 0.187 e. The number of nitrogens with one attached hydrogen (secondary N) is 1. The van der Waals surface area contributed by atoms with Crippen LogP contribution in [0.1, 0.15) is 18.9 Å². The maximum Gasteiger partial charge on any atom is 0.187 e. The summed E-state index contributed by atoms with van der Waals surface area (Å²) in [6.45, 7) is 5.48. The van der Waals surface area contributed by atoms with E-state index in [2.05, 4.69) is 6.58 Å². The van der Waals surface area contributed by atoms with Crippen molar-refractivity contribution in [2.45, 2.75) is 13.3 Å². The normalized spacial score (nSPS) is 9.57. The molecule has 0 radical (unpaired) electrons. The largest absolute Gasteiger partial charge is 0.444 e. The van der Waals surface area contributed by atoms with Crippen molar-refractivity contribution in [2.24, 2.45) is 0 Å². The van der Waals surface area contributed by atoms with Gasteiger partial charge < -0.3 is 4.74 Å². The van der Waals surface area contributed by atoms with Crippen LogP contribution in [-0.4, -0.2) is 5.90 Å². The van der Waals surface area contributed by atoms with E-state index in [-0.39, 0.29) is 11.7 Å². The zero-order valence-electron chi connectivity index (χ0n) is 8.01. The van der Waals surface area contributed by atoms with Crippen molar-refractivity contribution in [3.63, 3.8) is 0 Å². The van der Waals surface area contributed by atoms with E-state index in [1.54, 1.807) is 12.1 Å². The molecule has 0 bridgehead atoms. The van der Waals surface area contributed by atoms with Crippen molar-refractivity contribution in [1.29, 1.82) is 5.41 Å². The second-order valence-corrected chi connectivity index (χ2v) is 2.81. The molecule has 0 amide bonds. The van der Waals surface area contributed by atoms with Crippen LogP contribution in [0.4, 0.5) is 4.39 Å².